The second kappa shape index (κ2) is 6.75. The first-order valence-corrected chi connectivity index (χ1v) is 7.38. The number of anilines is 1. The van der Waals surface area contributed by atoms with E-state index in [1.165, 1.54) is 0 Å². The number of nitrogens with zero attached hydrogens (tertiary/aromatic N) is 1. The molecule has 0 bridgehead atoms. The second-order valence-corrected chi connectivity index (χ2v) is 5.48. The van der Waals surface area contributed by atoms with E-state index in [-0.39, 0.29) is 5.97 Å². The number of hydrogen-bond donors (Lipinski definition) is 1. The predicted octanol–water partition coefficient (Wildman–Crippen LogP) is 2.76. The molecule has 1 aromatic carbocycles. The van der Waals surface area contributed by atoms with Crippen molar-refractivity contribution in [2.45, 2.75) is 39.3 Å². The van der Waals surface area contributed by atoms with Crippen molar-refractivity contribution < 1.29 is 9.53 Å². The van der Waals surface area contributed by atoms with Crippen molar-refractivity contribution in [3.63, 3.8) is 0 Å². The Bertz CT molecular complexity index is 460. The van der Waals surface area contributed by atoms with Gasteiger partial charge in [0.15, 0.2) is 0 Å². The van der Waals surface area contributed by atoms with Crippen LogP contribution in [0.5, 0.6) is 0 Å². The molecule has 1 aromatic rings. The van der Waals surface area contributed by atoms with E-state index in [1.54, 1.807) is 0 Å². The fourth-order valence-electron chi connectivity index (χ4n) is 2.59. The molecule has 4 nitrogen and oxygen atoms in total. The van der Waals surface area contributed by atoms with E-state index in [1.807, 2.05) is 31.2 Å². The van der Waals surface area contributed by atoms with Crippen molar-refractivity contribution >= 4 is 11.7 Å². The highest BCUT2D eigenvalue weighted by Gasteiger charge is 2.25. The maximum absolute atomic E-state index is 11.9. The SMILES string of the molecule is CCOC(=O)c1ccccc1NC1CCN(C(C)C)C1. The number of esters is 1. The van der Waals surface area contributed by atoms with Crippen molar-refractivity contribution in [1.29, 1.82) is 0 Å². The highest BCUT2D eigenvalue weighted by atomic mass is 16.5. The van der Waals surface area contributed by atoms with Gasteiger partial charge in [-0.2, -0.15) is 0 Å². The molecule has 1 aliphatic heterocycles. The zero-order chi connectivity index (χ0) is 14.5. The molecule has 0 radical (unpaired) electrons. The Labute approximate surface area is 121 Å². The summed E-state index contributed by atoms with van der Waals surface area (Å²) in [7, 11) is 0. The van der Waals surface area contributed by atoms with Gasteiger partial charge in [0.05, 0.1) is 12.2 Å². The van der Waals surface area contributed by atoms with Crippen molar-refractivity contribution in [2.75, 3.05) is 25.0 Å². The third-order valence-corrected chi connectivity index (χ3v) is 3.73. The Morgan fingerprint density at radius 1 is 1.45 bits per heavy atom. The summed E-state index contributed by atoms with van der Waals surface area (Å²) in [6.45, 7) is 8.79. The first-order chi connectivity index (χ1) is 9.61. The van der Waals surface area contributed by atoms with Gasteiger partial charge in [0.25, 0.3) is 0 Å². The third-order valence-electron chi connectivity index (χ3n) is 3.73. The van der Waals surface area contributed by atoms with Crippen LogP contribution in [0.15, 0.2) is 24.3 Å². The average molecular weight is 276 g/mol. The molecule has 2 rings (SSSR count). The number of carbonyl (C=O) groups is 1. The Kier molecular flexibility index (Phi) is 5.01. The van der Waals surface area contributed by atoms with E-state index in [4.69, 9.17) is 4.74 Å². The summed E-state index contributed by atoms with van der Waals surface area (Å²) >= 11 is 0. The van der Waals surface area contributed by atoms with E-state index in [0.717, 1.165) is 25.2 Å². The lowest BCUT2D eigenvalue weighted by atomic mass is 10.1. The lowest BCUT2D eigenvalue weighted by Crippen LogP contribution is -2.31. The summed E-state index contributed by atoms with van der Waals surface area (Å²) in [5.74, 6) is -0.255. The molecule has 0 amide bonds. The Morgan fingerprint density at radius 3 is 2.85 bits per heavy atom. The molecule has 0 aliphatic carbocycles. The van der Waals surface area contributed by atoms with Crippen LogP contribution in [0.25, 0.3) is 0 Å². The van der Waals surface area contributed by atoms with Crippen molar-refractivity contribution in [3.8, 4) is 0 Å². The maximum Gasteiger partial charge on any atom is 0.340 e. The van der Waals surface area contributed by atoms with Gasteiger partial charge in [-0.3, -0.25) is 4.90 Å². The van der Waals surface area contributed by atoms with Gasteiger partial charge < -0.3 is 10.1 Å². The lowest BCUT2D eigenvalue weighted by molar-refractivity contribution is 0.0527. The molecule has 110 valence electrons. The van der Waals surface area contributed by atoms with Crippen LogP contribution >= 0.6 is 0 Å². The van der Waals surface area contributed by atoms with Gasteiger partial charge in [-0.25, -0.2) is 4.79 Å². The first kappa shape index (κ1) is 14.9. The molecule has 0 aromatic heterocycles. The number of rotatable bonds is 5. The monoisotopic (exact) mass is 276 g/mol. The summed E-state index contributed by atoms with van der Waals surface area (Å²) in [5, 5.41) is 3.49. The maximum atomic E-state index is 11.9. The van der Waals surface area contributed by atoms with Gasteiger partial charge in [0.2, 0.25) is 0 Å². The van der Waals surface area contributed by atoms with Crippen LogP contribution in [-0.2, 0) is 4.74 Å². The predicted molar refractivity (Wildman–Crippen MR) is 81.1 cm³/mol. The summed E-state index contributed by atoms with van der Waals surface area (Å²) in [6.07, 6.45) is 1.11. The number of nitrogens with one attached hydrogen (secondary N) is 1. The fourth-order valence-corrected chi connectivity index (χ4v) is 2.59. The van der Waals surface area contributed by atoms with Crippen LogP contribution in [-0.4, -0.2) is 42.6 Å². The van der Waals surface area contributed by atoms with E-state index >= 15 is 0 Å². The fraction of sp³-hybridized carbons (Fsp3) is 0.562. The smallest absolute Gasteiger partial charge is 0.340 e. The normalized spacial score (nSPS) is 19.3. The highest BCUT2D eigenvalue weighted by Crippen LogP contribution is 2.21. The van der Waals surface area contributed by atoms with Gasteiger partial charge in [-0.15, -0.1) is 0 Å². The van der Waals surface area contributed by atoms with Gasteiger partial charge in [0, 0.05) is 30.9 Å². The minimum absolute atomic E-state index is 0.255. The number of para-hydroxylation sites is 1. The van der Waals surface area contributed by atoms with E-state index in [0.29, 0.717) is 24.3 Å². The summed E-state index contributed by atoms with van der Waals surface area (Å²) in [5.41, 5.74) is 1.50. The zero-order valence-electron chi connectivity index (χ0n) is 12.6. The summed E-state index contributed by atoms with van der Waals surface area (Å²) < 4.78 is 5.10. The Hall–Kier alpha value is -1.55. The topological polar surface area (TPSA) is 41.6 Å². The van der Waals surface area contributed by atoms with Gasteiger partial charge in [-0.05, 0) is 39.3 Å². The Balaban J connectivity index is 2.05. The van der Waals surface area contributed by atoms with Crippen LogP contribution in [0, 0.1) is 0 Å². The van der Waals surface area contributed by atoms with Crippen molar-refractivity contribution in [2.24, 2.45) is 0 Å². The quantitative estimate of drug-likeness (QED) is 0.840. The van der Waals surface area contributed by atoms with E-state index in [2.05, 4.69) is 24.1 Å². The average Bonchev–Trinajstić information content (AvgIpc) is 2.88. The molecule has 1 atom stereocenters. The van der Waals surface area contributed by atoms with E-state index in [9.17, 15) is 4.79 Å². The standard InChI is InChI=1S/C16H24N2O2/c1-4-20-16(19)14-7-5-6-8-15(14)17-13-9-10-18(11-13)12(2)3/h5-8,12-13,17H,4,9-11H2,1-3H3. The minimum Gasteiger partial charge on any atom is -0.462 e. The molecule has 1 fully saturated rings. The Morgan fingerprint density at radius 2 is 2.20 bits per heavy atom. The van der Waals surface area contributed by atoms with Gasteiger partial charge >= 0.3 is 5.97 Å². The second-order valence-electron chi connectivity index (χ2n) is 5.48. The summed E-state index contributed by atoms with van der Waals surface area (Å²) in [6, 6.07) is 8.54. The molecule has 4 heteroatoms. The molecule has 1 N–H and O–H groups in total. The molecule has 0 spiro atoms. The highest BCUT2D eigenvalue weighted by molar-refractivity contribution is 5.95. The van der Waals surface area contributed by atoms with Crippen LogP contribution < -0.4 is 5.32 Å². The number of likely N-dealkylation sites (tertiary alicyclic amines) is 1. The third kappa shape index (κ3) is 3.51. The first-order valence-electron chi connectivity index (χ1n) is 7.38. The zero-order valence-corrected chi connectivity index (χ0v) is 12.6. The van der Waals surface area contributed by atoms with Gasteiger partial charge in [-0.1, -0.05) is 12.1 Å². The molecule has 1 saturated heterocycles. The van der Waals surface area contributed by atoms with Crippen LogP contribution in [0.2, 0.25) is 0 Å². The molecule has 20 heavy (non-hydrogen) atoms. The lowest BCUT2D eigenvalue weighted by Gasteiger charge is -2.21. The molecule has 1 aliphatic rings. The molecular formula is C16H24N2O2. The van der Waals surface area contributed by atoms with Crippen LogP contribution in [0.4, 0.5) is 5.69 Å². The van der Waals surface area contributed by atoms with Crippen LogP contribution in [0.3, 0.4) is 0 Å². The van der Waals surface area contributed by atoms with Crippen molar-refractivity contribution in [1.82, 2.24) is 4.90 Å². The van der Waals surface area contributed by atoms with Crippen LogP contribution in [0.1, 0.15) is 37.6 Å². The van der Waals surface area contributed by atoms with E-state index < -0.39 is 0 Å². The molecule has 1 heterocycles. The molecule has 0 saturated carbocycles. The number of benzene rings is 1. The van der Waals surface area contributed by atoms with Gasteiger partial charge in [0.1, 0.15) is 0 Å². The summed E-state index contributed by atoms with van der Waals surface area (Å²) in [4.78, 5) is 14.4. The largest absolute Gasteiger partial charge is 0.462 e. The molecule has 1 unspecified atom stereocenters. The number of hydrogen-bond acceptors (Lipinski definition) is 4. The number of ether oxygens (including phenoxy) is 1. The minimum atomic E-state index is -0.255. The molecular weight excluding hydrogens is 252 g/mol. The van der Waals surface area contributed by atoms with Crippen molar-refractivity contribution in [3.05, 3.63) is 29.8 Å². The number of carbonyl (C=O) groups excluding carboxylic acids is 1.